The summed E-state index contributed by atoms with van der Waals surface area (Å²) in [4.78, 5) is 12.7. The Labute approximate surface area is 109 Å². The molecule has 2 fully saturated rings. The van der Waals surface area contributed by atoms with Gasteiger partial charge >= 0.3 is 0 Å². The van der Waals surface area contributed by atoms with Crippen LogP contribution in [0.15, 0.2) is 0 Å². The van der Waals surface area contributed by atoms with E-state index in [2.05, 4.69) is 19.2 Å². The second-order valence-corrected chi connectivity index (χ2v) is 6.39. The number of carbonyl (C=O) groups is 1. The summed E-state index contributed by atoms with van der Waals surface area (Å²) in [7, 11) is 0. The van der Waals surface area contributed by atoms with Gasteiger partial charge in [0.1, 0.15) is 0 Å². The molecule has 2 saturated carbocycles. The average Bonchev–Trinajstić information content (AvgIpc) is 2.58. The number of hydrogen-bond acceptors (Lipinski definition) is 2. The van der Waals surface area contributed by atoms with Gasteiger partial charge in [-0.05, 0) is 37.5 Å². The van der Waals surface area contributed by atoms with Crippen molar-refractivity contribution in [3.8, 4) is 0 Å². The molecule has 3 N–H and O–H groups in total. The summed E-state index contributed by atoms with van der Waals surface area (Å²) in [5.41, 5.74) is 5.23. The van der Waals surface area contributed by atoms with Crippen molar-refractivity contribution in [2.24, 2.45) is 23.0 Å². The predicted octanol–water partition coefficient (Wildman–Crippen LogP) is 1.99. The van der Waals surface area contributed by atoms with Crippen LogP contribution in [0.5, 0.6) is 0 Å². The van der Waals surface area contributed by atoms with Crippen LogP contribution in [0.3, 0.4) is 0 Å². The first-order chi connectivity index (χ1) is 7.95. The van der Waals surface area contributed by atoms with Gasteiger partial charge in [0.15, 0.2) is 0 Å². The molecule has 96 valence electrons. The lowest BCUT2D eigenvalue weighted by Crippen LogP contribution is -2.57. The lowest BCUT2D eigenvalue weighted by molar-refractivity contribution is -0.133. The first-order valence-corrected chi connectivity index (χ1v) is 6.97. The maximum absolute atomic E-state index is 12.4. The van der Waals surface area contributed by atoms with Crippen LogP contribution in [-0.2, 0) is 4.79 Å². The van der Waals surface area contributed by atoms with Crippen LogP contribution < -0.4 is 11.1 Å². The SMILES string of the molecule is CC1CC(C(=O)NC2CCCC2C)(C(N)=S)C1. The van der Waals surface area contributed by atoms with E-state index in [0.29, 0.717) is 22.9 Å². The zero-order valence-corrected chi connectivity index (χ0v) is 11.5. The lowest BCUT2D eigenvalue weighted by Gasteiger charge is -2.44. The van der Waals surface area contributed by atoms with Crippen LogP contribution in [0, 0.1) is 17.3 Å². The molecule has 2 aliphatic rings. The van der Waals surface area contributed by atoms with Crippen LogP contribution in [0.2, 0.25) is 0 Å². The Hall–Kier alpha value is -0.640. The molecule has 0 aromatic heterocycles. The van der Waals surface area contributed by atoms with Crippen molar-refractivity contribution < 1.29 is 4.79 Å². The van der Waals surface area contributed by atoms with Gasteiger partial charge in [-0.15, -0.1) is 0 Å². The van der Waals surface area contributed by atoms with E-state index < -0.39 is 5.41 Å². The average molecular weight is 254 g/mol. The van der Waals surface area contributed by atoms with Crippen molar-refractivity contribution in [2.75, 3.05) is 0 Å². The monoisotopic (exact) mass is 254 g/mol. The topological polar surface area (TPSA) is 55.1 Å². The Morgan fingerprint density at radius 3 is 2.41 bits per heavy atom. The van der Waals surface area contributed by atoms with Gasteiger partial charge in [0.25, 0.3) is 0 Å². The highest BCUT2D eigenvalue weighted by atomic mass is 32.1. The van der Waals surface area contributed by atoms with E-state index in [-0.39, 0.29) is 5.91 Å². The van der Waals surface area contributed by atoms with E-state index in [1.165, 1.54) is 12.8 Å². The minimum atomic E-state index is -0.545. The number of amides is 1. The highest BCUT2D eigenvalue weighted by molar-refractivity contribution is 7.80. The quantitative estimate of drug-likeness (QED) is 0.757. The highest BCUT2D eigenvalue weighted by Gasteiger charge is 2.51. The number of thiocarbonyl (C=S) groups is 1. The largest absolute Gasteiger partial charge is 0.392 e. The van der Waals surface area contributed by atoms with E-state index in [4.69, 9.17) is 18.0 Å². The Morgan fingerprint density at radius 2 is 2.00 bits per heavy atom. The summed E-state index contributed by atoms with van der Waals surface area (Å²) in [6.07, 6.45) is 5.14. The zero-order valence-electron chi connectivity index (χ0n) is 10.7. The number of nitrogens with one attached hydrogen (secondary N) is 1. The number of nitrogens with two attached hydrogens (primary N) is 1. The van der Waals surface area contributed by atoms with Gasteiger partial charge in [0.2, 0.25) is 5.91 Å². The normalized spacial score (nSPS) is 40.7. The van der Waals surface area contributed by atoms with Crippen molar-refractivity contribution in [3.05, 3.63) is 0 Å². The van der Waals surface area contributed by atoms with Gasteiger partial charge in [0, 0.05) is 6.04 Å². The minimum absolute atomic E-state index is 0.0712. The van der Waals surface area contributed by atoms with Gasteiger partial charge in [0.05, 0.1) is 10.4 Å². The molecule has 0 heterocycles. The van der Waals surface area contributed by atoms with Crippen LogP contribution in [0.1, 0.15) is 46.0 Å². The van der Waals surface area contributed by atoms with Crippen molar-refractivity contribution in [1.29, 1.82) is 0 Å². The van der Waals surface area contributed by atoms with Gasteiger partial charge in [-0.25, -0.2) is 0 Å². The van der Waals surface area contributed by atoms with E-state index >= 15 is 0 Å². The van der Waals surface area contributed by atoms with Crippen molar-refractivity contribution in [1.82, 2.24) is 5.32 Å². The molecule has 2 rings (SSSR count). The number of carbonyl (C=O) groups excluding carboxylic acids is 1. The lowest BCUT2D eigenvalue weighted by atomic mass is 9.62. The summed E-state index contributed by atoms with van der Waals surface area (Å²) in [6, 6.07) is 0.324. The second kappa shape index (κ2) is 4.56. The first kappa shape index (κ1) is 12.8. The molecular weight excluding hydrogens is 232 g/mol. The summed E-state index contributed by atoms with van der Waals surface area (Å²) < 4.78 is 0. The maximum Gasteiger partial charge on any atom is 0.233 e. The van der Waals surface area contributed by atoms with Crippen molar-refractivity contribution >= 4 is 23.1 Å². The molecule has 0 saturated heterocycles. The third kappa shape index (κ3) is 2.19. The fourth-order valence-electron chi connectivity index (χ4n) is 3.29. The summed E-state index contributed by atoms with van der Waals surface area (Å²) in [6.45, 7) is 4.34. The molecule has 0 bridgehead atoms. The molecule has 2 unspecified atom stereocenters. The Morgan fingerprint density at radius 1 is 1.35 bits per heavy atom. The summed E-state index contributed by atoms with van der Waals surface area (Å²) in [5.74, 6) is 1.21. The summed E-state index contributed by atoms with van der Waals surface area (Å²) >= 11 is 5.10. The standard InChI is InChI=1S/C13H22N2OS/c1-8-6-13(7-8,11(14)17)12(16)15-10-5-3-4-9(10)2/h8-10H,3-7H2,1-2H3,(H2,14,17)(H,15,16). The molecular formula is C13H22N2OS. The van der Waals surface area contributed by atoms with Crippen LogP contribution >= 0.6 is 12.2 Å². The van der Waals surface area contributed by atoms with Gasteiger partial charge < -0.3 is 11.1 Å². The molecule has 4 heteroatoms. The highest BCUT2D eigenvalue weighted by Crippen LogP contribution is 2.46. The Kier molecular flexibility index (Phi) is 3.43. The predicted molar refractivity (Wildman–Crippen MR) is 72.6 cm³/mol. The molecule has 0 aliphatic heterocycles. The number of hydrogen-bond donors (Lipinski definition) is 2. The molecule has 1 amide bonds. The van der Waals surface area contributed by atoms with E-state index in [9.17, 15) is 4.79 Å². The molecule has 2 aliphatic carbocycles. The maximum atomic E-state index is 12.4. The molecule has 17 heavy (non-hydrogen) atoms. The minimum Gasteiger partial charge on any atom is -0.392 e. The van der Waals surface area contributed by atoms with Crippen LogP contribution in [-0.4, -0.2) is 16.9 Å². The van der Waals surface area contributed by atoms with Crippen LogP contribution in [0.4, 0.5) is 0 Å². The van der Waals surface area contributed by atoms with Crippen molar-refractivity contribution in [2.45, 2.75) is 52.0 Å². The zero-order chi connectivity index (χ0) is 12.6. The number of rotatable bonds is 3. The van der Waals surface area contributed by atoms with Crippen molar-refractivity contribution in [3.63, 3.8) is 0 Å². The second-order valence-electron chi connectivity index (χ2n) is 5.95. The third-order valence-corrected chi connectivity index (χ3v) is 4.87. The van der Waals surface area contributed by atoms with Crippen LogP contribution in [0.25, 0.3) is 0 Å². The molecule has 0 aromatic carbocycles. The smallest absolute Gasteiger partial charge is 0.233 e. The first-order valence-electron chi connectivity index (χ1n) is 6.56. The molecule has 2 atom stereocenters. The molecule has 0 radical (unpaired) electrons. The molecule has 0 aromatic rings. The Balaban J connectivity index is 2.01. The fraction of sp³-hybridized carbons (Fsp3) is 0.846. The fourth-order valence-corrected chi connectivity index (χ4v) is 3.55. The van der Waals surface area contributed by atoms with E-state index in [0.717, 1.165) is 19.3 Å². The van der Waals surface area contributed by atoms with Gasteiger partial charge in [-0.1, -0.05) is 32.5 Å². The van der Waals surface area contributed by atoms with E-state index in [1.54, 1.807) is 0 Å². The summed E-state index contributed by atoms with van der Waals surface area (Å²) in [5, 5.41) is 3.17. The molecule has 3 nitrogen and oxygen atoms in total. The Bertz CT molecular complexity index is 336. The molecule has 0 spiro atoms. The third-order valence-electron chi connectivity index (χ3n) is 4.48. The van der Waals surface area contributed by atoms with Gasteiger partial charge in [-0.2, -0.15) is 0 Å². The van der Waals surface area contributed by atoms with Gasteiger partial charge in [-0.3, -0.25) is 4.79 Å². The van der Waals surface area contributed by atoms with E-state index in [1.807, 2.05) is 0 Å².